The van der Waals surface area contributed by atoms with Gasteiger partial charge in [-0.3, -0.25) is 0 Å². The van der Waals surface area contributed by atoms with Crippen molar-refractivity contribution < 1.29 is 4.52 Å². The average molecular weight is 389 g/mol. The van der Waals surface area contributed by atoms with E-state index < -0.39 is 0 Å². The van der Waals surface area contributed by atoms with E-state index in [4.69, 9.17) is 21.1 Å². The topological polar surface area (TPSA) is 56.7 Å². The first-order valence-corrected chi connectivity index (χ1v) is 10.3. The van der Waals surface area contributed by atoms with Crippen LogP contribution < -0.4 is 0 Å². The van der Waals surface area contributed by atoms with Gasteiger partial charge in [-0.2, -0.15) is 4.98 Å². The fourth-order valence-electron chi connectivity index (χ4n) is 3.48. The molecule has 0 N–H and O–H groups in total. The van der Waals surface area contributed by atoms with Crippen molar-refractivity contribution in [1.82, 2.24) is 19.7 Å². The van der Waals surface area contributed by atoms with Crippen LogP contribution in [0.4, 0.5) is 0 Å². The zero-order valence-electron chi connectivity index (χ0n) is 14.9. The zero-order valence-corrected chi connectivity index (χ0v) is 16.5. The van der Waals surface area contributed by atoms with Gasteiger partial charge in [0, 0.05) is 11.7 Å². The monoisotopic (exact) mass is 388 g/mol. The molecule has 1 saturated carbocycles. The lowest BCUT2D eigenvalue weighted by atomic mass is 10.2. The molecular weight excluding hydrogens is 368 g/mol. The lowest BCUT2D eigenvalue weighted by Crippen LogP contribution is -2.08. The first-order valence-electron chi connectivity index (χ1n) is 8.89. The molecule has 0 spiro atoms. The van der Waals surface area contributed by atoms with E-state index in [1.165, 1.54) is 31.4 Å². The summed E-state index contributed by atoms with van der Waals surface area (Å²) in [7, 11) is 0. The molecule has 1 aromatic carbocycles. The molecule has 0 unspecified atom stereocenters. The third kappa shape index (κ3) is 3.40. The third-order valence-electron chi connectivity index (χ3n) is 4.95. The van der Waals surface area contributed by atoms with Crippen molar-refractivity contribution in [3.8, 4) is 11.5 Å². The Kier molecular flexibility index (Phi) is 5.05. The summed E-state index contributed by atoms with van der Waals surface area (Å²) in [5, 5.41) is 5.76. The predicted molar refractivity (Wildman–Crippen MR) is 104 cm³/mol. The summed E-state index contributed by atoms with van der Waals surface area (Å²) < 4.78 is 7.80. The Morgan fingerprint density at radius 3 is 2.73 bits per heavy atom. The quantitative estimate of drug-likeness (QED) is 0.531. The highest BCUT2D eigenvalue weighted by molar-refractivity contribution is 7.98. The number of benzene rings is 1. The standard InChI is InChI=1S/C19H21ClN4OS/c1-12-13(2)24(14-7-3-4-8-14)19(21-12)26-11-17-22-18(25-23-17)15-9-5-6-10-16(15)20/h5-6,9-10,14H,3-4,7-8,11H2,1-2H3. The molecule has 1 fully saturated rings. The molecule has 0 amide bonds. The molecule has 5 nitrogen and oxygen atoms in total. The van der Waals surface area contributed by atoms with Gasteiger partial charge in [0.15, 0.2) is 11.0 Å². The first-order chi connectivity index (χ1) is 12.6. The molecular formula is C19H21ClN4OS. The van der Waals surface area contributed by atoms with Crippen molar-refractivity contribution in [2.24, 2.45) is 0 Å². The minimum atomic E-state index is 0.456. The normalized spacial score (nSPS) is 15.0. The van der Waals surface area contributed by atoms with Gasteiger partial charge in [0.05, 0.1) is 22.0 Å². The van der Waals surface area contributed by atoms with Crippen LogP contribution in [0, 0.1) is 13.8 Å². The van der Waals surface area contributed by atoms with Crippen LogP contribution in [0.2, 0.25) is 5.02 Å². The molecule has 0 radical (unpaired) electrons. The lowest BCUT2D eigenvalue weighted by Gasteiger charge is -2.16. The summed E-state index contributed by atoms with van der Waals surface area (Å²) in [6.07, 6.45) is 5.08. The van der Waals surface area contributed by atoms with Gasteiger partial charge in [-0.15, -0.1) is 0 Å². The number of aryl methyl sites for hydroxylation is 1. The maximum absolute atomic E-state index is 6.21. The number of halogens is 1. The zero-order chi connectivity index (χ0) is 18.1. The average Bonchev–Trinajstić information content (AvgIpc) is 3.36. The van der Waals surface area contributed by atoms with Crippen LogP contribution in [0.15, 0.2) is 33.9 Å². The van der Waals surface area contributed by atoms with Crippen LogP contribution >= 0.6 is 23.4 Å². The van der Waals surface area contributed by atoms with Gasteiger partial charge >= 0.3 is 0 Å². The fourth-order valence-corrected chi connectivity index (χ4v) is 4.69. The SMILES string of the molecule is Cc1nc(SCc2noc(-c3ccccc3Cl)n2)n(C2CCCC2)c1C. The molecule has 0 aliphatic heterocycles. The van der Waals surface area contributed by atoms with Gasteiger partial charge in [0.2, 0.25) is 0 Å². The predicted octanol–water partition coefficient (Wildman–Crippen LogP) is 5.61. The third-order valence-corrected chi connectivity index (χ3v) is 6.23. The molecule has 0 saturated heterocycles. The molecule has 7 heteroatoms. The summed E-state index contributed by atoms with van der Waals surface area (Å²) >= 11 is 7.88. The second-order valence-corrected chi connectivity index (χ2v) is 8.01. The Bertz CT molecular complexity index is 914. The second kappa shape index (κ2) is 7.45. The molecule has 2 heterocycles. The maximum atomic E-state index is 6.21. The van der Waals surface area contributed by atoms with Gasteiger partial charge in [-0.1, -0.05) is 53.5 Å². The van der Waals surface area contributed by atoms with E-state index >= 15 is 0 Å². The van der Waals surface area contributed by atoms with Crippen molar-refractivity contribution in [2.75, 3.05) is 0 Å². The summed E-state index contributed by atoms with van der Waals surface area (Å²) in [6.45, 7) is 4.24. The van der Waals surface area contributed by atoms with Crippen LogP contribution in [0.3, 0.4) is 0 Å². The molecule has 3 aromatic rings. The smallest absolute Gasteiger partial charge is 0.259 e. The number of hydrogen-bond acceptors (Lipinski definition) is 5. The molecule has 1 aliphatic rings. The molecule has 0 atom stereocenters. The second-order valence-electron chi connectivity index (χ2n) is 6.66. The van der Waals surface area contributed by atoms with Crippen LogP contribution in [0.25, 0.3) is 11.5 Å². The number of nitrogens with zero attached hydrogens (tertiary/aromatic N) is 4. The Labute approximate surface area is 162 Å². The minimum Gasteiger partial charge on any atom is -0.334 e. The first kappa shape index (κ1) is 17.6. The summed E-state index contributed by atoms with van der Waals surface area (Å²) in [5.41, 5.74) is 3.13. The maximum Gasteiger partial charge on any atom is 0.259 e. The molecule has 0 bridgehead atoms. The van der Waals surface area contributed by atoms with E-state index in [0.717, 1.165) is 16.4 Å². The largest absolute Gasteiger partial charge is 0.334 e. The van der Waals surface area contributed by atoms with Crippen LogP contribution in [0.1, 0.15) is 48.9 Å². The Hall–Kier alpha value is -1.79. The molecule has 2 aromatic heterocycles. The van der Waals surface area contributed by atoms with E-state index in [1.807, 2.05) is 24.3 Å². The van der Waals surface area contributed by atoms with Gasteiger partial charge < -0.3 is 9.09 Å². The van der Waals surface area contributed by atoms with Gasteiger partial charge in [-0.25, -0.2) is 4.98 Å². The molecule has 136 valence electrons. The van der Waals surface area contributed by atoms with Crippen molar-refractivity contribution in [2.45, 2.75) is 56.5 Å². The Balaban J connectivity index is 1.52. The fraction of sp³-hybridized carbons (Fsp3) is 0.421. The van der Waals surface area contributed by atoms with E-state index in [1.54, 1.807) is 11.8 Å². The Morgan fingerprint density at radius 2 is 1.96 bits per heavy atom. The van der Waals surface area contributed by atoms with E-state index in [-0.39, 0.29) is 0 Å². The van der Waals surface area contributed by atoms with Crippen molar-refractivity contribution in [3.63, 3.8) is 0 Å². The van der Waals surface area contributed by atoms with Gasteiger partial charge in [0.25, 0.3) is 5.89 Å². The van der Waals surface area contributed by atoms with Gasteiger partial charge in [0.1, 0.15) is 0 Å². The molecule has 26 heavy (non-hydrogen) atoms. The minimum absolute atomic E-state index is 0.456. The van der Waals surface area contributed by atoms with Crippen molar-refractivity contribution in [3.05, 3.63) is 46.5 Å². The van der Waals surface area contributed by atoms with E-state index in [0.29, 0.717) is 28.5 Å². The number of hydrogen-bond donors (Lipinski definition) is 0. The number of imidazole rings is 1. The summed E-state index contributed by atoms with van der Waals surface area (Å²) in [5.74, 6) is 1.73. The lowest BCUT2D eigenvalue weighted by molar-refractivity contribution is 0.425. The van der Waals surface area contributed by atoms with Crippen molar-refractivity contribution in [1.29, 1.82) is 0 Å². The van der Waals surface area contributed by atoms with E-state index in [9.17, 15) is 0 Å². The highest BCUT2D eigenvalue weighted by Gasteiger charge is 2.23. The van der Waals surface area contributed by atoms with Gasteiger partial charge in [-0.05, 0) is 38.8 Å². The van der Waals surface area contributed by atoms with E-state index in [2.05, 4.69) is 28.6 Å². The molecule has 1 aliphatic carbocycles. The Morgan fingerprint density at radius 1 is 1.19 bits per heavy atom. The number of rotatable bonds is 5. The van der Waals surface area contributed by atoms with Crippen LogP contribution in [-0.4, -0.2) is 19.7 Å². The highest BCUT2D eigenvalue weighted by Crippen LogP contribution is 2.36. The molecule has 4 rings (SSSR count). The number of aromatic nitrogens is 4. The summed E-state index contributed by atoms with van der Waals surface area (Å²) in [4.78, 5) is 9.26. The van der Waals surface area contributed by atoms with Crippen LogP contribution in [-0.2, 0) is 5.75 Å². The summed E-state index contributed by atoms with van der Waals surface area (Å²) in [6, 6.07) is 8.06. The highest BCUT2D eigenvalue weighted by atomic mass is 35.5. The number of thioether (sulfide) groups is 1. The van der Waals surface area contributed by atoms with Crippen LogP contribution in [0.5, 0.6) is 0 Å². The van der Waals surface area contributed by atoms with Crippen molar-refractivity contribution >= 4 is 23.4 Å².